The molecule has 2 amide bonds. The van der Waals surface area contributed by atoms with Gasteiger partial charge in [0.2, 0.25) is 0 Å². The van der Waals surface area contributed by atoms with E-state index in [0.717, 1.165) is 29.3 Å². The summed E-state index contributed by atoms with van der Waals surface area (Å²) in [6.07, 6.45) is 1.26. The van der Waals surface area contributed by atoms with Crippen LogP contribution in [0, 0.1) is 5.41 Å². The largest absolute Gasteiger partial charge is 0.444 e. The van der Waals surface area contributed by atoms with Gasteiger partial charge in [-0.05, 0) is 64.2 Å². The topological polar surface area (TPSA) is 79.0 Å². The number of carbonyl (C=O) groups excluding carboxylic acids is 2. The quantitative estimate of drug-likeness (QED) is 0.623. The van der Waals surface area contributed by atoms with Gasteiger partial charge >= 0.3 is 6.09 Å². The van der Waals surface area contributed by atoms with E-state index in [0.29, 0.717) is 23.5 Å². The Kier molecular flexibility index (Phi) is 6.74. The van der Waals surface area contributed by atoms with Gasteiger partial charge in [0.05, 0.1) is 16.6 Å². The average Bonchev–Trinajstić information content (AvgIpc) is 3.04. The lowest BCUT2D eigenvalue weighted by atomic mass is 9.78. The van der Waals surface area contributed by atoms with Crippen molar-refractivity contribution >= 4 is 39.4 Å². The molecule has 2 aromatic carbocycles. The molecule has 190 valence electrons. The Balaban J connectivity index is 1.66. The van der Waals surface area contributed by atoms with E-state index in [1.807, 2.05) is 58.0 Å². The molecule has 1 saturated heterocycles. The molecule has 1 fully saturated rings. The van der Waals surface area contributed by atoms with Crippen molar-refractivity contribution in [2.75, 3.05) is 18.0 Å². The lowest BCUT2D eigenvalue weighted by Gasteiger charge is -2.47. The summed E-state index contributed by atoms with van der Waals surface area (Å²) >= 11 is 0. The smallest absolute Gasteiger partial charge is 0.410 e. The van der Waals surface area contributed by atoms with Crippen LogP contribution < -0.4 is 9.62 Å². The summed E-state index contributed by atoms with van der Waals surface area (Å²) in [6, 6.07) is 8.99. The van der Waals surface area contributed by atoms with Crippen LogP contribution in [0.1, 0.15) is 71.7 Å². The number of benzene rings is 2. The summed E-state index contributed by atoms with van der Waals surface area (Å²) in [7, 11) is -1.53. The van der Waals surface area contributed by atoms with Gasteiger partial charge in [-0.1, -0.05) is 32.9 Å². The van der Waals surface area contributed by atoms with E-state index in [2.05, 4.69) is 25.5 Å². The Bertz CT molecular complexity index is 1180. The van der Waals surface area contributed by atoms with Crippen LogP contribution in [0.4, 0.5) is 10.5 Å². The Morgan fingerprint density at radius 2 is 1.86 bits per heavy atom. The van der Waals surface area contributed by atoms with Gasteiger partial charge in [0.15, 0.2) is 0 Å². The normalized spacial score (nSPS) is 21.5. The zero-order valence-corrected chi connectivity index (χ0v) is 22.6. The molecule has 3 atom stereocenters. The third-order valence-corrected chi connectivity index (χ3v) is 7.94. The minimum Gasteiger partial charge on any atom is -0.444 e. The number of likely N-dealkylation sites (tertiary alicyclic amines) is 1. The maximum absolute atomic E-state index is 13.7. The monoisotopic (exact) mass is 499 g/mol. The summed E-state index contributed by atoms with van der Waals surface area (Å²) in [6.45, 7) is 15.0. The predicted molar refractivity (Wildman–Crippen MR) is 140 cm³/mol. The molecule has 2 aliphatic rings. The Morgan fingerprint density at radius 1 is 1.14 bits per heavy atom. The van der Waals surface area contributed by atoms with Crippen LogP contribution in [-0.4, -0.2) is 51.9 Å². The van der Waals surface area contributed by atoms with Crippen LogP contribution in [0.25, 0.3) is 10.8 Å². The minimum atomic E-state index is -1.53. The van der Waals surface area contributed by atoms with Crippen LogP contribution in [0.15, 0.2) is 35.2 Å². The number of nitrogens with one attached hydrogen (secondary N) is 1. The van der Waals surface area contributed by atoms with Crippen molar-refractivity contribution in [3.05, 3.63) is 35.9 Å². The van der Waals surface area contributed by atoms with Crippen LogP contribution in [-0.2, 0) is 15.7 Å². The summed E-state index contributed by atoms with van der Waals surface area (Å²) in [5.41, 5.74) is 0.677. The first-order valence-electron chi connectivity index (χ1n) is 12.4. The maximum Gasteiger partial charge on any atom is 0.410 e. The molecule has 0 radical (unpaired) electrons. The van der Waals surface area contributed by atoms with Gasteiger partial charge in [0.1, 0.15) is 16.6 Å². The molecule has 0 bridgehead atoms. The van der Waals surface area contributed by atoms with Crippen molar-refractivity contribution < 1.29 is 18.5 Å². The van der Waals surface area contributed by atoms with E-state index in [1.54, 1.807) is 9.80 Å². The van der Waals surface area contributed by atoms with Crippen molar-refractivity contribution in [3.63, 3.8) is 0 Å². The summed E-state index contributed by atoms with van der Waals surface area (Å²) < 4.78 is 22.8. The second-order valence-electron chi connectivity index (χ2n) is 11.5. The third-order valence-electron chi connectivity index (χ3n) is 6.67. The molecule has 0 aliphatic carbocycles. The molecule has 7 nitrogen and oxygen atoms in total. The maximum atomic E-state index is 13.7. The zero-order valence-electron chi connectivity index (χ0n) is 21.8. The molecule has 3 unspecified atom stereocenters. The highest BCUT2D eigenvalue weighted by Crippen LogP contribution is 2.40. The molecule has 35 heavy (non-hydrogen) atoms. The van der Waals surface area contributed by atoms with Crippen LogP contribution in [0.3, 0.4) is 0 Å². The number of rotatable bonds is 4. The highest BCUT2D eigenvalue weighted by atomic mass is 32.2. The molecule has 2 aliphatic heterocycles. The fourth-order valence-electron chi connectivity index (χ4n) is 5.41. The molecular weight excluding hydrogens is 462 g/mol. The first-order valence-corrected chi connectivity index (χ1v) is 13.5. The first kappa shape index (κ1) is 25.6. The minimum absolute atomic E-state index is 0.0166. The highest BCUT2D eigenvalue weighted by molar-refractivity contribution is 7.83. The van der Waals surface area contributed by atoms with E-state index in [4.69, 9.17) is 4.74 Å². The van der Waals surface area contributed by atoms with E-state index >= 15 is 0 Å². The second kappa shape index (κ2) is 9.21. The van der Waals surface area contributed by atoms with Gasteiger partial charge in [-0.2, -0.15) is 0 Å². The third kappa shape index (κ3) is 4.83. The molecule has 2 heterocycles. The summed E-state index contributed by atoms with van der Waals surface area (Å²) in [5, 5.41) is 1.68. The fraction of sp³-hybridized carbons (Fsp3) is 0.556. The number of nitrogens with zero attached hydrogens (tertiary/aromatic N) is 2. The number of amides is 2. The molecule has 0 aromatic heterocycles. The molecule has 2 aromatic rings. The van der Waals surface area contributed by atoms with E-state index in [1.165, 1.54) is 0 Å². The van der Waals surface area contributed by atoms with Crippen molar-refractivity contribution in [2.24, 2.45) is 5.41 Å². The molecule has 0 saturated carbocycles. The van der Waals surface area contributed by atoms with Gasteiger partial charge in [0.25, 0.3) is 5.91 Å². The summed E-state index contributed by atoms with van der Waals surface area (Å²) in [4.78, 5) is 30.1. The van der Waals surface area contributed by atoms with Gasteiger partial charge in [-0.25, -0.2) is 13.7 Å². The number of carbonyl (C=O) groups is 2. The fourth-order valence-corrected chi connectivity index (χ4v) is 6.62. The standard InChI is InChI=1S/C27H37N3O4S/c1-8-29-20-14-15-21(17-11-9-12-18(22(17)20)24(29)31)35(33)28-19-13-10-16-30(23(19)26(2,3)4)25(32)34-27(5,6)7/h9,11-12,14-15,19,23,28H,8,10,13,16H2,1-7H3. The Morgan fingerprint density at radius 3 is 2.49 bits per heavy atom. The number of ether oxygens (including phenoxy) is 1. The van der Waals surface area contributed by atoms with Crippen LogP contribution in [0.5, 0.6) is 0 Å². The lowest BCUT2D eigenvalue weighted by Crippen LogP contribution is -2.61. The van der Waals surface area contributed by atoms with Crippen molar-refractivity contribution in [2.45, 2.75) is 83.9 Å². The van der Waals surface area contributed by atoms with Gasteiger partial charge in [0, 0.05) is 35.5 Å². The molecule has 1 N–H and O–H groups in total. The molecule has 8 heteroatoms. The van der Waals surface area contributed by atoms with Crippen LogP contribution >= 0.6 is 0 Å². The average molecular weight is 500 g/mol. The highest BCUT2D eigenvalue weighted by Gasteiger charge is 2.44. The second-order valence-corrected chi connectivity index (χ2v) is 12.7. The van der Waals surface area contributed by atoms with Gasteiger partial charge < -0.3 is 14.5 Å². The van der Waals surface area contributed by atoms with Crippen molar-refractivity contribution in [3.8, 4) is 0 Å². The van der Waals surface area contributed by atoms with Gasteiger partial charge in [-0.15, -0.1) is 0 Å². The number of hydrogen-bond donors (Lipinski definition) is 1. The molecule has 0 spiro atoms. The predicted octanol–water partition coefficient (Wildman–Crippen LogP) is 5.25. The molecule has 4 rings (SSSR count). The Labute approximate surface area is 210 Å². The number of hydrogen-bond acceptors (Lipinski definition) is 4. The van der Waals surface area contributed by atoms with Crippen molar-refractivity contribution in [1.82, 2.24) is 9.62 Å². The molecular formula is C27H37N3O4S. The summed E-state index contributed by atoms with van der Waals surface area (Å²) in [5.74, 6) is -0.0166. The van der Waals surface area contributed by atoms with Gasteiger partial charge in [-0.3, -0.25) is 4.79 Å². The SMILES string of the molecule is CCN1C(=O)c2cccc3c(S(=O)NC4CCCN(C(=O)OC(C)(C)C)C4C(C)(C)C)ccc1c23. The first-order chi connectivity index (χ1) is 16.3. The van der Waals surface area contributed by atoms with Crippen molar-refractivity contribution in [1.29, 1.82) is 0 Å². The number of piperidine rings is 1. The zero-order chi connectivity index (χ0) is 25.7. The van der Waals surface area contributed by atoms with E-state index in [-0.39, 0.29) is 29.5 Å². The van der Waals surface area contributed by atoms with E-state index in [9.17, 15) is 13.8 Å². The Hall–Kier alpha value is -2.45. The van der Waals surface area contributed by atoms with Crippen LogP contribution in [0.2, 0.25) is 0 Å². The number of anilines is 1. The van der Waals surface area contributed by atoms with E-state index < -0.39 is 16.6 Å². The lowest BCUT2D eigenvalue weighted by molar-refractivity contribution is -0.0140.